The van der Waals surface area contributed by atoms with Crippen molar-refractivity contribution in [3.63, 3.8) is 0 Å². The molecular weight excluding hydrogens is 433 g/mol. The van der Waals surface area contributed by atoms with Crippen LogP contribution in [0.5, 0.6) is 11.6 Å². The van der Waals surface area contributed by atoms with E-state index in [9.17, 15) is 9.50 Å². The number of ether oxygens (including phenoxy) is 2. The van der Waals surface area contributed by atoms with Gasteiger partial charge in [-0.2, -0.15) is 5.10 Å². The fourth-order valence-corrected chi connectivity index (χ4v) is 3.84. The molecule has 3 aromatic rings. The zero-order valence-corrected chi connectivity index (χ0v) is 20.4. The van der Waals surface area contributed by atoms with Crippen LogP contribution in [0.1, 0.15) is 44.9 Å². The van der Waals surface area contributed by atoms with Gasteiger partial charge in [-0.1, -0.05) is 18.2 Å². The molecule has 1 atom stereocenters. The van der Waals surface area contributed by atoms with E-state index in [1.165, 1.54) is 12.1 Å². The Labute approximate surface area is 200 Å². The Morgan fingerprint density at radius 2 is 1.79 bits per heavy atom. The van der Waals surface area contributed by atoms with Crippen molar-refractivity contribution in [2.24, 2.45) is 0 Å². The predicted octanol–water partition coefficient (Wildman–Crippen LogP) is 5.25. The van der Waals surface area contributed by atoms with Crippen LogP contribution in [-0.4, -0.2) is 50.7 Å². The minimum atomic E-state index is -0.592. The van der Waals surface area contributed by atoms with E-state index < -0.39 is 6.10 Å². The smallest absolute Gasteiger partial charge is 0.227 e. The first-order valence-electron chi connectivity index (χ1n) is 11.8. The third-order valence-electron chi connectivity index (χ3n) is 5.74. The number of aliphatic hydroxyl groups excluding tert-OH is 1. The number of para-hydroxylation sites is 1. The van der Waals surface area contributed by atoms with Gasteiger partial charge in [0.15, 0.2) is 0 Å². The molecule has 182 valence electrons. The van der Waals surface area contributed by atoms with Crippen LogP contribution >= 0.6 is 0 Å². The lowest BCUT2D eigenvalue weighted by atomic mass is 10.2. The molecule has 1 fully saturated rings. The molecular formula is C27H34FN3O3. The third kappa shape index (κ3) is 6.44. The largest absolute Gasteiger partial charge is 0.439 e. The summed E-state index contributed by atoms with van der Waals surface area (Å²) in [5.74, 6) is 0.824. The van der Waals surface area contributed by atoms with Crippen molar-refractivity contribution in [1.29, 1.82) is 0 Å². The Balaban J connectivity index is 1.61. The van der Waals surface area contributed by atoms with E-state index in [-0.39, 0.29) is 18.0 Å². The highest BCUT2D eigenvalue weighted by Gasteiger charge is 2.33. The van der Waals surface area contributed by atoms with Gasteiger partial charge < -0.3 is 14.6 Å². The lowest BCUT2D eigenvalue weighted by Crippen LogP contribution is -2.38. The summed E-state index contributed by atoms with van der Waals surface area (Å²) in [5, 5.41) is 15.4. The van der Waals surface area contributed by atoms with Gasteiger partial charge in [0.25, 0.3) is 0 Å². The molecule has 4 rings (SSSR count). The van der Waals surface area contributed by atoms with Gasteiger partial charge in [-0.15, -0.1) is 0 Å². The van der Waals surface area contributed by atoms with Crippen LogP contribution in [0.25, 0.3) is 5.69 Å². The SMILES string of the molecule is Cc1nn(-c2ccccc2)c(Oc2ccc(F)cc2)c1CN(CC(O)COC(C)(C)C)C1CC1. The number of aromatic nitrogens is 2. The van der Waals surface area contributed by atoms with Crippen LogP contribution in [0.15, 0.2) is 54.6 Å². The summed E-state index contributed by atoms with van der Waals surface area (Å²) in [6.45, 7) is 9.31. The average Bonchev–Trinajstić information content (AvgIpc) is 3.60. The average molecular weight is 468 g/mol. The van der Waals surface area contributed by atoms with Crippen LogP contribution in [0.3, 0.4) is 0 Å². The fraction of sp³-hybridized carbons (Fsp3) is 0.444. The Morgan fingerprint density at radius 3 is 2.41 bits per heavy atom. The molecule has 0 spiro atoms. The second-order valence-corrected chi connectivity index (χ2v) is 9.91. The monoisotopic (exact) mass is 467 g/mol. The molecule has 0 radical (unpaired) electrons. The molecule has 0 aliphatic heterocycles. The van der Waals surface area contributed by atoms with Gasteiger partial charge in [0.2, 0.25) is 5.88 Å². The number of aliphatic hydroxyl groups is 1. The van der Waals surface area contributed by atoms with Crippen molar-refractivity contribution < 1.29 is 19.0 Å². The minimum absolute atomic E-state index is 0.286. The van der Waals surface area contributed by atoms with Gasteiger partial charge in [-0.05, 0) is 76.9 Å². The summed E-state index contributed by atoms with van der Waals surface area (Å²) in [6.07, 6.45) is 1.62. The van der Waals surface area contributed by atoms with Crippen LogP contribution in [-0.2, 0) is 11.3 Å². The molecule has 1 N–H and O–H groups in total. The number of halogens is 1. The normalized spacial score (nSPS) is 15.0. The van der Waals surface area contributed by atoms with E-state index in [2.05, 4.69) is 4.90 Å². The highest BCUT2D eigenvalue weighted by Crippen LogP contribution is 2.35. The second kappa shape index (κ2) is 10.3. The molecule has 0 amide bonds. The first kappa shape index (κ1) is 24.4. The van der Waals surface area contributed by atoms with Crippen molar-refractivity contribution >= 4 is 0 Å². The van der Waals surface area contributed by atoms with Crippen molar-refractivity contribution in [2.45, 2.75) is 64.8 Å². The first-order chi connectivity index (χ1) is 16.2. The molecule has 1 aliphatic carbocycles. The molecule has 7 heteroatoms. The Hall–Kier alpha value is -2.74. The van der Waals surface area contributed by atoms with Gasteiger partial charge in [0.05, 0.1) is 35.3 Å². The van der Waals surface area contributed by atoms with Gasteiger partial charge in [0.1, 0.15) is 11.6 Å². The molecule has 0 bridgehead atoms. The molecule has 1 aliphatic rings. The first-order valence-corrected chi connectivity index (χ1v) is 11.8. The summed E-state index contributed by atoms with van der Waals surface area (Å²) >= 11 is 0. The lowest BCUT2D eigenvalue weighted by molar-refractivity contribution is -0.0573. The van der Waals surface area contributed by atoms with Gasteiger partial charge in [-0.25, -0.2) is 9.07 Å². The predicted molar refractivity (Wildman–Crippen MR) is 130 cm³/mol. The van der Waals surface area contributed by atoms with Gasteiger partial charge in [-0.3, -0.25) is 4.90 Å². The second-order valence-electron chi connectivity index (χ2n) is 9.91. The molecule has 0 saturated heterocycles. The number of benzene rings is 2. The van der Waals surface area contributed by atoms with E-state index in [0.717, 1.165) is 29.8 Å². The van der Waals surface area contributed by atoms with E-state index in [4.69, 9.17) is 14.6 Å². The number of aryl methyl sites for hydroxylation is 1. The van der Waals surface area contributed by atoms with Crippen LogP contribution < -0.4 is 4.74 Å². The standard InChI is InChI=1S/C27H34FN3O3/c1-19-25(17-30(21-12-13-21)16-23(32)18-33-27(2,3)4)26(34-24-14-10-20(28)11-15-24)31(29-19)22-8-6-5-7-9-22/h5-11,14-15,21,23,32H,12-13,16-18H2,1-4H3. The zero-order chi connectivity index (χ0) is 24.3. The van der Waals surface area contributed by atoms with Crippen molar-refractivity contribution in [1.82, 2.24) is 14.7 Å². The van der Waals surface area contributed by atoms with Crippen molar-refractivity contribution in [3.05, 3.63) is 71.7 Å². The zero-order valence-electron chi connectivity index (χ0n) is 20.4. The van der Waals surface area contributed by atoms with Gasteiger partial charge in [0, 0.05) is 19.1 Å². The number of rotatable bonds is 10. The third-order valence-corrected chi connectivity index (χ3v) is 5.74. The highest BCUT2D eigenvalue weighted by atomic mass is 19.1. The number of hydrogen-bond acceptors (Lipinski definition) is 5. The maximum Gasteiger partial charge on any atom is 0.227 e. The summed E-state index contributed by atoms with van der Waals surface area (Å²) in [4.78, 5) is 2.29. The maximum atomic E-state index is 13.5. The molecule has 34 heavy (non-hydrogen) atoms. The maximum absolute atomic E-state index is 13.5. The Kier molecular flexibility index (Phi) is 7.36. The van der Waals surface area contributed by atoms with Crippen LogP contribution in [0.2, 0.25) is 0 Å². The molecule has 1 saturated carbocycles. The van der Waals surface area contributed by atoms with Gasteiger partial charge >= 0.3 is 0 Å². The molecule has 6 nitrogen and oxygen atoms in total. The Bertz CT molecular complexity index is 1070. The minimum Gasteiger partial charge on any atom is -0.439 e. The topological polar surface area (TPSA) is 59.8 Å². The van der Waals surface area contributed by atoms with E-state index in [0.29, 0.717) is 30.8 Å². The number of hydrogen-bond donors (Lipinski definition) is 1. The van der Waals surface area contributed by atoms with Crippen molar-refractivity contribution in [3.8, 4) is 17.3 Å². The van der Waals surface area contributed by atoms with E-state index >= 15 is 0 Å². The van der Waals surface area contributed by atoms with Crippen molar-refractivity contribution in [2.75, 3.05) is 13.2 Å². The quantitative estimate of drug-likeness (QED) is 0.441. The summed E-state index contributed by atoms with van der Waals surface area (Å²) in [6, 6.07) is 16.2. The highest BCUT2D eigenvalue weighted by molar-refractivity contribution is 5.43. The Morgan fingerprint density at radius 1 is 1.12 bits per heavy atom. The molecule has 1 aromatic heterocycles. The summed E-state index contributed by atoms with van der Waals surface area (Å²) in [5.41, 5.74) is 2.39. The van der Waals surface area contributed by atoms with Crippen LogP contribution in [0.4, 0.5) is 4.39 Å². The number of nitrogens with zero attached hydrogens (tertiary/aromatic N) is 3. The van der Waals surface area contributed by atoms with Crippen LogP contribution in [0, 0.1) is 12.7 Å². The molecule has 1 unspecified atom stereocenters. The summed E-state index contributed by atoms with van der Waals surface area (Å²) in [7, 11) is 0. The van der Waals surface area contributed by atoms with E-state index in [1.807, 2.05) is 58.0 Å². The fourth-order valence-electron chi connectivity index (χ4n) is 3.84. The lowest BCUT2D eigenvalue weighted by Gasteiger charge is -2.27. The molecule has 1 heterocycles. The van der Waals surface area contributed by atoms with E-state index in [1.54, 1.807) is 16.8 Å². The molecule has 2 aromatic carbocycles. The summed E-state index contributed by atoms with van der Waals surface area (Å²) < 4.78 is 27.3.